The highest BCUT2D eigenvalue weighted by atomic mass is 16.3. The van der Waals surface area contributed by atoms with Crippen LogP contribution in [0.15, 0.2) is 23.0 Å². The molecule has 11 nitrogen and oxygen atoms in total. The normalized spacial score (nSPS) is 28.0. The second-order valence-corrected chi connectivity index (χ2v) is 9.76. The molecule has 1 fully saturated rings. The van der Waals surface area contributed by atoms with Gasteiger partial charge in [0.25, 0.3) is 5.91 Å². The molecule has 1 saturated carbocycles. The molecule has 0 heterocycles. The van der Waals surface area contributed by atoms with Crippen molar-refractivity contribution in [3.05, 3.63) is 34.1 Å². The average Bonchev–Trinajstić information content (AvgIpc) is 2.77. The van der Waals surface area contributed by atoms with Gasteiger partial charge in [0.15, 0.2) is 11.4 Å². The number of benzene rings is 1. The predicted molar refractivity (Wildman–Crippen MR) is 128 cm³/mol. The molecule has 3 aliphatic rings. The Morgan fingerprint density at radius 2 is 1.80 bits per heavy atom. The van der Waals surface area contributed by atoms with E-state index in [1.807, 2.05) is 0 Å². The number of nitrogens with one attached hydrogen (secondary N) is 1. The lowest BCUT2D eigenvalue weighted by Gasteiger charge is -2.50. The Balaban J connectivity index is 2.01. The van der Waals surface area contributed by atoms with Crippen LogP contribution in [0.25, 0.3) is 5.76 Å². The molecule has 11 heteroatoms. The zero-order chi connectivity index (χ0) is 26.1. The number of aromatic hydroxyl groups is 1. The summed E-state index contributed by atoms with van der Waals surface area (Å²) in [6, 6.07) is 0.495. The van der Waals surface area contributed by atoms with Crippen molar-refractivity contribution in [1.29, 1.82) is 0 Å². The Bertz CT molecular complexity index is 1230. The number of amides is 1. The monoisotopic (exact) mass is 486 g/mol. The number of aliphatic hydroxyl groups is 3. The van der Waals surface area contributed by atoms with E-state index in [0.717, 1.165) is 0 Å². The maximum absolute atomic E-state index is 13.8. The van der Waals surface area contributed by atoms with E-state index < -0.39 is 63.8 Å². The smallest absolute Gasteiger partial charge is 0.258 e. The van der Waals surface area contributed by atoms with Gasteiger partial charge in [-0.3, -0.25) is 19.3 Å². The summed E-state index contributed by atoms with van der Waals surface area (Å²) in [5.41, 5.74) is 3.65. The van der Waals surface area contributed by atoms with Crippen LogP contribution in [-0.4, -0.2) is 89.7 Å². The van der Waals surface area contributed by atoms with Crippen molar-refractivity contribution in [1.82, 2.24) is 10.2 Å². The number of phenolic OH excluding ortho intramolecular Hbond substituents is 1. The summed E-state index contributed by atoms with van der Waals surface area (Å²) in [6.45, 7) is 0. The van der Waals surface area contributed by atoms with Crippen molar-refractivity contribution in [3.8, 4) is 5.75 Å². The first kappa shape index (κ1) is 24.6. The second kappa shape index (κ2) is 7.99. The highest BCUT2D eigenvalue weighted by Gasteiger charge is 2.64. The average molecular weight is 487 g/mol. The van der Waals surface area contributed by atoms with Crippen LogP contribution in [0.5, 0.6) is 5.75 Å². The zero-order valence-electron chi connectivity index (χ0n) is 20.2. The summed E-state index contributed by atoms with van der Waals surface area (Å²) in [5, 5.41) is 46.8. The number of likely N-dealkylation sites (N-methyl/N-ethyl adjacent to an activating group) is 2. The third-order valence-electron chi connectivity index (χ3n) is 7.42. The number of hydrogen-bond acceptors (Lipinski definition) is 10. The number of phenols is 1. The number of hydrogen-bond donors (Lipinski definition) is 6. The van der Waals surface area contributed by atoms with Crippen LogP contribution < -0.4 is 16.0 Å². The third-order valence-corrected chi connectivity index (χ3v) is 7.42. The molecule has 7 N–H and O–H groups in total. The molecule has 0 spiro atoms. The van der Waals surface area contributed by atoms with Gasteiger partial charge in [0, 0.05) is 38.3 Å². The maximum atomic E-state index is 13.8. The number of nitrogens with two attached hydrogens (primary N) is 1. The lowest BCUT2D eigenvalue weighted by Crippen LogP contribution is -2.65. The fourth-order valence-corrected chi connectivity index (χ4v) is 5.82. The summed E-state index contributed by atoms with van der Waals surface area (Å²) in [6.07, 6.45) is 0.272. The largest absolute Gasteiger partial charge is 0.508 e. The Kier molecular flexibility index (Phi) is 5.61. The maximum Gasteiger partial charge on any atom is 0.258 e. The van der Waals surface area contributed by atoms with E-state index in [2.05, 4.69) is 5.32 Å². The Morgan fingerprint density at radius 3 is 2.34 bits per heavy atom. The van der Waals surface area contributed by atoms with Crippen LogP contribution in [-0.2, 0) is 20.8 Å². The molecule has 3 aliphatic carbocycles. The molecule has 1 aromatic carbocycles. The van der Waals surface area contributed by atoms with Crippen LogP contribution in [0.2, 0.25) is 0 Å². The van der Waals surface area contributed by atoms with Gasteiger partial charge in [-0.25, -0.2) is 0 Å². The van der Waals surface area contributed by atoms with Crippen LogP contribution in [0.3, 0.4) is 0 Å². The Morgan fingerprint density at radius 1 is 1.17 bits per heavy atom. The van der Waals surface area contributed by atoms with Gasteiger partial charge in [-0.05, 0) is 44.5 Å². The molecule has 35 heavy (non-hydrogen) atoms. The van der Waals surface area contributed by atoms with Gasteiger partial charge in [0.2, 0.25) is 5.78 Å². The predicted octanol–water partition coefficient (Wildman–Crippen LogP) is -0.127. The highest BCUT2D eigenvalue weighted by Crippen LogP contribution is 2.54. The standard InChI is InChI=1S/C24H30N4O7/c1-26-23(34)16-20(31)17(28(4)5)11-7-9-6-10-13(27(2)3)8-12(25)18(29)15(10)19(30)14(9)21(32)24(11,35)22(16)33/h8-9,11,17,29-30,33,35H,6-7,25H2,1-5H3,(H,26,34)/t9?,11-,17?,24-/m0/s1. The number of Topliss-reactive ketones (excluding diaryl/α,β-unsaturated/α-hetero) is 2. The molecule has 0 saturated heterocycles. The number of aliphatic hydroxyl groups excluding tert-OH is 2. The molecule has 1 aromatic rings. The van der Waals surface area contributed by atoms with Gasteiger partial charge >= 0.3 is 0 Å². The summed E-state index contributed by atoms with van der Waals surface area (Å²) in [7, 11) is 7.98. The SMILES string of the molecule is CNC(=O)C1=C(O)[C@@]2(O)C(=O)C3=C(O)c4c(O)c(N)cc(N(C)C)c4CC3C[C@H]2C(N(C)C)C1=O. The summed E-state index contributed by atoms with van der Waals surface area (Å²) in [4.78, 5) is 42.9. The fraction of sp³-hybridized carbons (Fsp3) is 0.458. The first-order chi connectivity index (χ1) is 16.3. The molecule has 2 unspecified atom stereocenters. The van der Waals surface area contributed by atoms with Crippen LogP contribution >= 0.6 is 0 Å². The molecular formula is C24H30N4O7. The molecule has 188 valence electrons. The first-order valence-corrected chi connectivity index (χ1v) is 11.2. The van der Waals surface area contributed by atoms with Gasteiger partial charge in [0.1, 0.15) is 22.8 Å². The number of fused-ring (bicyclic) bond motifs is 3. The molecule has 4 rings (SSSR count). The molecular weight excluding hydrogens is 456 g/mol. The summed E-state index contributed by atoms with van der Waals surface area (Å²) >= 11 is 0. The second-order valence-electron chi connectivity index (χ2n) is 9.76. The number of nitrogen functional groups attached to an aromatic ring is 1. The quantitative estimate of drug-likeness (QED) is 0.192. The van der Waals surface area contributed by atoms with E-state index >= 15 is 0 Å². The minimum absolute atomic E-state index is 0.00141. The summed E-state index contributed by atoms with van der Waals surface area (Å²) < 4.78 is 0. The Hall–Kier alpha value is -3.57. The number of nitrogens with zero attached hydrogens (tertiary/aromatic N) is 2. The zero-order valence-corrected chi connectivity index (χ0v) is 20.2. The number of ketones is 2. The van der Waals surface area contributed by atoms with Crippen LogP contribution in [0, 0.1) is 11.8 Å². The molecule has 1 amide bonds. The van der Waals surface area contributed by atoms with Gasteiger partial charge in [-0.2, -0.15) is 0 Å². The van der Waals surface area contributed by atoms with E-state index in [4.69, 9.17) is 5.73 Å². The van der Waals surface area contributed by atoms with Gasteiger partial charge in [-0.15, -0.1) is 0 Å². The van der Waals surface area contributed by atoms with E-state index in [9.17, 15) is 34.8 Å². The lowest BCUT2D eigenvalue weighted by atomic mass is 9.57. The number of carbonyl (C=O) groups excluding carboxylic acids is 3. The first-order valence-electron chi connectivity index (χ1n) is 11.2. The molecule has 0 radical (unpaired) electrons. The molecule has 4 atom stereocenters. The van der Waals surface area contributed by atoms with E-state index in [1.54, 1.807) is 39.2 Å². The minimum atomic E-state index is -2.62. The van der Waals surface area contributed by atoms with Crippen molar-refractivity contribution in [3.63, 3.8) is 0 Å². The minimum Gasteiger partial charge on any atom is -0.508 e. The third kappa shape index (κ3) is 3.15. The van der Waals surface area contributed by atoms with Crippen molar-refractivity contribution >= 4 is 34.6 Å². The topological polar surface area (TPSA) is 177 Å². The number of anilines is 2. The van der Waals surface area contributed by atoms with Gasteiger partial charge in [0.05, 0.1) is 17.3 Å². The highest BCUT2D eigenvalue weighted by molar-refractivity contribution is 6.25. The summed E-state index contributed by atoms with van der Waals surface area (Å²) in [5.74, 6) is -6.35. The van der Waals surface area contributed by atoms with Gasteiger partial charge < -0.3 is 36.4 Å². The number of carbonyl (C=O) groups is 3. The molecule has 0 aromatic heterocycles. The Labute approximate surface area is 202 Å². The van der Waals surface area contributed by atoms with Crippen molar-refractivity contribution in [2.45, 2.75) is 24.5 Å². The van der Waals surface area contributed by atoms with Crippen molar-refractivity contribution in [2.75, 3.05) is 45.9 Å². The molecule has 0 bridgehead atoms. The number of rotatable bonds is 3. The van der Waals surface area contributed by atoms with Gasteiger partial charge in [-0.1, -0.05) is 0 Å². The lowest BCUT2D eigenvalue weighted by molar-refractivity contribution is -0.153. The van der Waals surface area contributed by atoms with Crippen LogP contribution in [0.4, 0.5) is 11.4 Å². The van der Waals surface area contributed by atoms with E-state index in [-0.39, 0.29) is 29.7 Å². The fourth-order valence-electron chi connectivity index (χ4n) is 5.82. The van der Waals surface area contributed by atoms with E-state index in [0.29, 0.717) is 11.3 Å². The van der Waals surface area contributed by atoms with Crippen molar-refractivity contribution in [2.24, 2.45) is 11.8 Å². The van der Waals surface area contributed by atoms with E-state index in [1.165, 1.54) is 11.9 Å². The van der Waals surface area contributed by atoms with Crippen LogP contribution in [0.1, 0.15) is 17.5 Å². The molecule has 0 aliphatic heterocycles. The van der Waals surface area contributed by atoms with Crippen molar-refractivity contribution < 1.29 is 34.8 Å².